The largest absolute Gasteiger partial charge is 0.397 e. The Labute approximate surface area is 181 Å². The fraction of sp³-hybridized carbons (Fsp3) is 0.304. The summed E-state index contributed by atoms with van der Waals surface area (Å²) in [5.41, 5.74) is 14.6. The molecular weight excluding hydrogens is 390 g/mol. The zero-order valence-electron chi connectivity index (χ0n) is 17.4. The number of carbonyl (C=O) groups is 1. The number of para-hydroxylation sites is 2. The minimum atomic E-state index is -0.194. The number of aromatic nitrogens is 3. The number of piperidine rings is 1. The molecule has 1 saturated heterocycles. The molecule has 0 unspecified atom stereocenters. The molecule has 4 rings (SSSR count). The standard InChI is InChI=1S/C23H27N7O/c24-18-6-2-3-7-19(18)26-21(31)17-11-8-16(9-12-17)10-13-20-27-22(25)29-23(28-20)30-14-4-1-5-15-30/h2-3,6-9,11-12H,1,4-5,10,13-15,24H2,(H,26,31)(H2,25,27,28,29). The van der Waals surface area contributed by atoms with Crippen molar-refractivity contribution in [3.63, 3.8) is 0 Å². The summed E-state index contributed by atoms with van der Waals surface area (Å²) in [5, 5.41) is 2.84. The number of nitrogens with zero attached hydrogens (tertiary/aromatic N) is 4. The molecule has 0 spiro atoms. The number of nitrogen functional groups attached to an aromatic ring is 2. The highest BCUT2D eigenvalue weighted by molar-refractivity contribution is 6.05. The molecule has 1 fully saturated rings. The predicted octanol–water partition coefficient (Wildman–Crippen LogP) is 3.06. The number of aryl methyl sites for hydroxylation is 2. The second-order valence-corrected chi connectivity index (χ2v) is 7.70. The van der Waals surface area contributed by atoms with Gasteiger partial charge in [-0.2, -0.15) is 15.0 Å². The van der Waals surface area contributed by atoms with E-state index in [4.69, 9.17) is 11.5 Å². The lowest BCUT2D eigenvalue weighted by Crippen LogP contribution is -2.31. The van der Waals surface area contributed by atoms with Crippen LogP contribution in [0.1, 0.15) is 41.0 Å². The molecule has 0 atom stereocenters. The van der Waals surface area contributed by atoms with E-state index >= 15 is 0 Å². The van der Waals surface area contributed by atoms with Crippen molar-refractivity contribution in [1.82, 2.24) is 15.0 Å². The van der Waals surface area contributed by atoms with E-state index in [2.05, 4.69) is 25.2 Å². The summed E-state index contributed by atoms with van der Waals surface area (Å²) in [4.78, 5) is 27.9. The minimum Gasteiger partial charge on any atom is -0.397 e. The maximum absolute atomic E-state index is 12.5. The predicted molar refractivity (Wildman–Crippen MR) is 123 cm³/mol. The molecule has 1 aromatic heterocycles. The normalized spacial score (nSPS) is 13.7. The van der Waals surface area contributed by atoms with E-state index < -0.39 is 0 Å². The van der Waals surface area contributed by atoms with Crippen LogP contribution in [-0.2, 0) is 12.8 Å². The van der Waals surface area contributed by atoms with Crippen LogP contribution >= 0.6 is 0 Å². The van der Waals surface area contributed by atoms with Crippen LogP contribution in [-0.4, -0.2) is 33.9 Å². The van der Waals surface area contributed by atoms with Crippen molar-refractivity contribution in [2.24, 2.45) is 0 Å². The third-order valence-corrected chi connectivity index (χ3v) is 5.39. The second-order valence-electron chi connectivity index (χ2n) is 7.70. The monoisotopic (exact) mass is 417 g/mol. The van der Waals surface area contributed by atoms with Crippen molar-refractivity contribution in [1.29, 1.82) is 0 Å². The van der Waals surface area contributed by atoms with Crippen molar-refractivity contribution >= 4 is 29.2 Å². The average molecular weight is 418 g/mol. The number of carbonyl (C=O) groups excluding carboxylic acids is 1. The van der Waals surface area contributed by atoms with Gasteiger partial charge in [-0.05, 0) is 55.5 Å². The zero-order valence-corrected chi connectivity index (χ0v) is 17.4. The molecule has 2 aromatic carbocycles. The number of amides is 1. The molecular formula is C23H27N7O. The number of nitrogens with one attached hydrogen (secondary N) is 1. The minimum absolute atomic E-state index is 0.194. The van der Waals surface area contributed by atoms with Gasteiger partial charge in [0.2, 0.25) is 11.9 Å². The second kappa shape index (κ2) is 9.42. The van der Waals surface area contributed by atoms with E-state index in [1.807, 2.05) is 36.4 Å². The van der Waals surface area contributed by atoms with E-state index in [0.717, 1.165) is 37.9 Å². The first-order valence-corrected chi connectivity index (χ1v) is 10.6. The molecule has 0 aliphatic carbocycles. The third kappa shape index (κ3) is 5.28. The maximum Gasteiger partial charge on any atom is 0.255 e. The van der Waals surface area contributed by atoms with Gasteiger partial charge in [0, 0.05) is 25.1 Å². The van der Waals surface area contributed by atoms with Crippen molar-refractivity contribution in [2.45, 2.75) is 32.1 Å². The van der Waals surface area contributed by atoms with Crippen molar-refractivity contribution in [3.8, 4) is 0 Å². The van der Waals surface area contributed by atoms with E-state index in [1.54, 1.807) is 12.1 Å². The van der Waals surface area contributed by atoms with Crippen molar-refractivity contribution < 1.29 is 4.79 Å². The Balaban J connectivity index is 1.38. The molecule has 8 nitrogen and oxygen atoms in total. The van der Waals surface area contributed by atoms with Crippen LogP contribution in [0, 0.1) is 0 Å². The summed E-state index contributed by atoms with van der Waals surface area (Å²) >= 11 is 0. The molecule has 0 radical (unpaired) electrons. The highest BCUT2D eigenvalue weighted by Gasteiger charge is 2.15. The van der Waals surface area contributed by atoms with E-state index in [0.29, 0.717) is 35.1 Å². The lowest BCUT2D eigenvalue weighted by atomic mass is 10.1. The molecule has 1 aliphatic rings. The summed E-state index contributed by atoms with van der Waals surface area (Å²) in [5.74, 6) is 1.43. The molecule has 3 aromatic rings. The highest BCUT2D eigenvalue weighted by Crippen LogP contribution is 2.19. The van der Waals surface area contributed by atoms with Gasteiger partial charge >= 0.3 is 0 Å². The van der Waals surface area contributed by atoms with Crippen LogP contribution in [0.4, 0.5) is 23.3 Å². The van der Waals surface area contributed by atoms with Crippen molar-refractivity contribution in [3.05, 3.63) is 65.5 Å². The number of benzene rings is 2. The molecule has 5 N–H and O–H groups in total. The fourth-order valence-electron chi connectivity index (χ4n) is 3.66. The summed E-state index contributed by atoms with van der Waals surface area (Å²) in [6, 6.07) is 14.7. The summed E-state index contributed by atoms with van der Waals surface area (Å²) in [6.45, 7) is 1.92. The third-order valence-electron chi connectivity index (χ3n) is 5.39. The number of nitrogens with two attached hydrogens (primary N) is 2. The Hall–Kier alpha value is -3.68. The average Bonchev–Trinajstić information content (AvgIpc) is 2.80. The van der Waals surface area contributed by atoms with Crippen LogP contribution in [0.5, 0.6) is 0 Å². The quantitative estimate of drug-likeness (QED) is 0.527. The van der Waals surface area contributed by atoms with Crippen molar-refractivity contribution in [2.75, 3.05) is 34.8 Å². The fourth-order valence-corrected chi connectivity index (χ4v) is 3.66. The number of hydrogen-bond donors (Lipinski definition) is 3. The van der Waals surface area contributed by atoms with Crippen LogP contribution in [0.2, 0.25) is 0 Å². The molecule has 160 valence electrons. The van der Waals surface area contributed by atoms with E-state index in [9.17, 15) is 4.79 Å². The van der Waals surface area contributed by atoms with Gasteiger partial charge in [0.25, 0.3) is 5.91 Å². The Kier molecular flexibility index (Phi) is 6.26. The number of rotatable bonds is 6. The maximum atomic E-state index is 12.5. The molecule has 1 aliphatic heterocycles. The Morgan fingerprint density at radius 3 is 2.39 bits per heavy atom. The van der Waals surface area contributed by atoms with Crippen LogP contribution in [0.15, 0.2) is 48.5 Å². The lowest BCUT2D eigenvalue weighted by Gasteiger charge is -2.26. The molecule has 0 saturated carbocycles. The summed E-state index contributed by atoms with van der Waals surface area (Å²) in [7, 11) is 0. The highest BCUT2D eigenvalue weighted by atomic mass is 16.1. The number of hydrogen-bond acceptors (Lipinski definition) is 7. The van der Waals surface area contributed by atoms with Gasteiger partial charge < -0.3 is 21.7 Å². The Morgan fingerprint density at radius 1 is 0.903 bits per heavy atom. The van der Waals surface area contributed by atoms with Gasteiger partial charge in [0.1, 0.15) is 5.82 Å². The van der Waals surface area contributed by atoms with Crippen LogP contribution in [0.3, 0.4) is 0 Å². The SMILES string of the molecule is Nc1nc(CCc2ccc(C(=O)Nc3ccccc3N)cc2)nc(N2CCCCC2)n1. The Bertz CT molecular complexity index is 1050. The molecule has 0 bridgehead atoms. The van der Waals surface area contributed by atoms with E-state index in [-0.39, 0.29) is 11.9 Å². The first kappa shape index (κ1) is 20.6. The van der Waals surface area contributed by atoms with Crippen LogP contribution < -0.4 is 21.7 Å². The lowest BCUT2D eigenvalue weighted by molar-refractivity contribution is 0.102. The molecule has 2 heterocycles. The van der Waals surface area contributed by atoms with Crippen LogP contribution in [0.25, 0.3) is 0 Å². The first-order valence-electron chi connectivity index (χ1n) is 10.6. The summed E-state index contributed by atoms with van der Waals surface area (Å²) in [6.07, 6.45) is 4.95. The zero-order chi connectivity index (χ0) is 21.6. The first-order chi connectivity index (χ1) is 15.1. The van der Waals surface area contributed by atoms with Gasteiger partial charge in [-0.1, -0.05) is 24.3 Å². The van der Waals surface area contributed by atoms with E-state index in [1.165, 1.54) is 6.42 Å². The van der Waals surface area contributed by atoms with Gasteiger partial charge in [-0.15, -0.1) is 0 Å². The Morgan fingerprint density at radius 2 is 1.65 bits per heavy atom. The van der Waals surface area contributed by atoms with Gasteiger partial charge in [-0.25, -0.2) is 0 Å². The van der Waals surface area contributed by atoms with Gasteiger partial charge in [0.15, 0.2) is 0 Å². The molecule has 8 heteroatoms. The van der Waals surface area contributed by atoms with Gasteiger partial charge in [0.05, 0.1) is 11.4 Å². The smallest absolute Gasteiger partial charge is 0.255 e. The molecule has 31 heavy (non-hydrogen) atoms. The summed E-state index contributed by atoms with van der Waals surface area (Å²) < 4.78 is 0. The van der Waals surface area contributed by atoms with Gasteiger partial charge in [-0.3, -0.25) is 4.79 Å². The topological polar surface area (TPSA) is 123 Å². The molecule has 1 amide bonds. The number of anilines is 4.